The fourth-order valence-electron chi connectivity index (χ4n) is 4.20. The molecule has 138 valence electrons. The molecule has 26 heavy (non-hydrogen) atoms. The lowest BCUT2D eigenvalue weighted by molar-refractivity contribution is -0.109. The van der Waals surface area contributed by atoms with E-state index in [1.807, 2.05) is 12.1 Å². The second-order valence-corrected chi connectivity index (χ2v) is 8.79. The summed E-state index contributed by atoms with van der Waals surface area (Å²) >= 11 is 0. The zero-order chi connectivity index (χ0) is 18.9. The van der Waals surface area contributed by atoms with Gasteiger partial charge in [-0.05, 0) is 70.0 Å². The molecule has 0 atom stereocenters. The Morgan fingerprint density at radius 1 is 1.00 bits per heavy atom. The number of aromatic hydroxyl groups is 1. The number of carbonyl (C=O) groups is 1. The fourth-order valence-corrected chi connectivity index (χ4v) is 4.20. The summed E-state index contributed by atoms with van der Waals surface area (Å²) in [6.07, 6.45) is 3.81. The first-order valence-electron chi connectivity index (χ1n) is 9.35. The number of fused-ring (bicyclic) bond motifs is 1. The molecule has 0 fully saturated rings. The lowest BCUT2D eigenvalue weighted by Crippen LogP contribution is -2.35. The van der Waals surface area contributed by atoms with Crippen molar-refractivity contribution >= 4 is 6.41 Å². The second-order valence-electron chi connectivity index (χ2n) is 8.79. The molecule has 1 amide bonds. The number of nitrogens with one attached hydrogen (secondary N) is 1. The zero-order valence-electron chi connectivity index (χ0n) is 16.2. The molecular formula is C23H29NO2. The predicted octanol–water partition coefficient (Wildman–Crippen LogP) is 4.58. The first kappa shape index (κ1) is 18.5. The van der Waals surface area contributed by atoms with E-state index in [0.29, 0.717) is 12.3 Å². The van der Waals surface area contributed by atoms with Crippen LogP contribution in [0.4, 0.5) is 0 Å². The third-order valence-corrected chi connectivity index (χ3v) is 5.79. The second kappa shape index (κ2) is 6.79. The normalized spacial score (nSPS) is 17.4. The molecule has 1 aliphatic carbocycles. The van der Waals surface area contributed by atoms with Gasteiger partial charge in [0.15, 0.2) is 0 Å². The lowest BCUT2D eigenvalue weighted by Gasteiger charge is -2.43. The molecule has 2 N–H and O–H groups in total. The van der Waals surface area contributed by atoms with Crippen molar-refractivity contribution in [3.8, 4) is 5.75 Å². The summed E-state index contributed by atoms with van der Waals surface area (Å²) < 4.78 is 0. The highest BCUT2D eigenvalue weighted by atomic mass is 16.3. The maximum absolute atomic E-state index is 10.4. The van der Waals surface area contributed by atoms with Crippen molar-refractivity contribution in [1.29, 1.82) is 0 Å². The highest BCUT2D eigenvalue weighted by molar-refractivity contribution is 5.52. The van der Waals surface area contributed by atoms with Gasteiger partial charge in [0, 0.05) is 6.54 Å². The van der Waals surface area contributed by atoms with Gasteiger partial charge in [-0.25, -0.2) is 0 Å². The standard InChI is InChI=1S/C23H29NO2/c1-22(2)9-10-23(3,4)21-18(12-19(26)13-20(21)22)11-16-5-7-17(8-6-16)14-24-15-25/h5-8,12-13,15,26H,9-11,14H2,1-4H3,(H,24,25). The molecule has 0 saturated carbocycles. The molecule has 3 heteroatoms. The maximum atomic E-state index is 10.4. The van der Waals surface area contributed by atoms with Crippen LogP contribution in [0.1, 0.15) is 68.4 Å². The Bertz CT molecular complexity index is 804. The molecule has 0 bridgehead atoms. The van der Waals surface area contributed by atoms with Gasteiger partial charge in [0.1, 0.15) is 5.75 Å². The van der Waals surface area contributed by atoms with Crippen LogP contribution in [0.2, 0.25) is 0 Å². The van der Waals surface area contributed by atoms with Crippen LogP contribution >= 0.6 is 0 Å². The summed E-state index contributed by atoms with van der Waals surface area (Å²) in [4.78, 5) is 10.4. The van der Waals surface area contributed by atoms with E-state index in [1.54, 1.807) is 0 Å². The molecule has 3 nitrogen and oxygen atoms in total. The van der Waals surface area contributed by atoms with Crippen molar-refractivity contribution in [2.24, 2.45) is 0 Å². The van der Waals surface area contributed by atoms with Gasteiger partial charge in [0.25, 0.3) is 0 Å². The first-order chi connectivity index (χ1) is 12.2. The first-order valence-corrected chi connectivity index (χ1v) is 9.35. The van der Waals surface area contributed by atoms with E-state index >= 15 is 0 Å². The Morgan fingerprint density at radius 3 is 2.27 bits per heavy atom. The molecule has 0 heterocycles. The van der Waals surface area contributed by atoms with Crippen LogP contribution < -0.4 is 5.32 Å². The molecule has 3 rings (SSSR count). The molecule has 0 saturated heterocycles. The minimum atomic E-state index is 0.0860. The van der Waals surface area contributed by atoms with Gasteiger partial charge in [0.2, 0.25) is 6.41 Å². The van der Waals surface area contributed by atoms with Crippen molar-refractivity contribution in [3.63, 3.8) is 0 Å². The van der Waals surface area contributed by atoms with Crippen LogP contribution in [0.3, 0.4) is 0 Å². The van der Waals surface area contributed by atoms with E-state index in [0.717, 1.165) is 31.2 Å². The predicted molar refractivity (Wildman–Crippen MR) is 106 cm³/mol. The van der Waals surface area contributed by atoms with E-state index in [9.17, 15) is 9.90 Å². The summed E-state index contributed by atoms with van der Waals surface area (Å²) in [5, 5.41) is 13.0. The van der Waals surface area contributed by atoms with Crippen molar-refractivity contribution in [2.45, 2.75) is 64.3 Å². The highest BCUT2D eigenvalue weighted by Gasteiger charge is 2.38. The van der Waals surface area contributed by atoms with E-state index in [-0.39, 0.29) is 10.8 Å². The highest BCUT2D eigenvalue weighted by Crippen LogP contribution is 2.48. The number of hydrogen-bond acceptors (Lipinski definition) is 2. The van der Waals surface area contributed by atoms with Crippen LogP contribution in [0, 0.1) is 0 Å². The summed E-state index contributed by atoms with van der Waals surface area (Å²) in [5.74, 6) is 0.358. The molecule has 0 aromatic heterocycles. The Kier molecular flexibility index (Phi) is 4.83. The summed E-state index contributed by atoms with van der Waals surface area (Å²) in [7, 11) is 0. The Balaban J connectivity index is 1.98. The molecule has 0 spiro atoms. The monoisotopic (exact) mass is 351 g/mol. The van der Waals surface area contributed by atoms with Gasteiger partial charge >= 0.3 is 0 Å². The molecule has 0 aliphatic heterocycles. The molecule has 2 aromatic rings. The number of benzene rings is 2. The third-order valence-electron chi connectivity index (χ3n) is 5.79. The lowest BCUT2D eigenvalue weighted by atomic mass is 9.61. The smallest absolute Gasteiger partial charge is 0.207 e. The Morgan fingerprint density at radius 2 is 1.62 bits per heavy atom. The van der Waals surface area contributed by atoms with Crippen molar-refractivity contribution in [2.75, 3.05) is 0 Å². The third kappa shape index (κ3) is 3.62. The van der Waals surface area contributed by atoms with Crippen LogP contribution in [-0.2, 0) is 28.6 Å². The Labute approximate surface area is 156 Å². The molecule has 2 aromatic carbocycles. The minimum Gasteiger partial charge on any atom is -0.508 e. The van der Waals surface area contributed by atoms with E-state index < -0.39 is 0 Å². The van der Waals surface area contributed by atoms with Gasteiger partial charge in [-0.2, -0.15) is 0 Å². The van der Waals surface area contributed by atoms with E-state index in [4.69, 9.17) is 0 Å². The molecule has 0 unspecified atom stereocenters. The Hall–Kier alpha value is -2.29. The summed E-state index contributed by atoms with van der Waals surface area (Å²) in [5.41, 5.74) is 6.40. The minimum absolute atomic E-state index is 0.0860. The molecule has 1 aliphatic rings. The van der Waals surface area contributed by atoms with Crippen molar-refractivity contribution in [3.05, 3.63) is 64.2 Å². The van der Waals surface area contributed by atoms with Gasteiger partial charge in [-0.3, -0.25) is 4.79 Å². The van der Waals surface area contributed by atoms with Crippen LogP contribution in [0.5, 0.6) is 5.75 Å². The summed E-state index contributed by atoms with van der Waals surface area (Å²) in [6.45, 7) is 9.73. The number of phenols is 1. The zero-order valence-corrected chi connectivity index (χ0v) is 16.2. The number of phenolic OH excluding ortho intramolecular Hbond substituents is 1. The number of rotatable bonds is 5. The quantitative estimate of drug-likeness (QED) is 0.775. The van der Waals surface area contributed by atoms with Gasteiger partial charge in [-0.15, -0.1) is 0 Å². The van der Waals surface area contributed by atoms with Gasteiger partial charge in [0.05, 0.1) is 0 Å². The molecular weight excluding hydrogens is 322 g/mol. The topological polar surface area (TPSA) is 49.3 Å². The molecule has 0 radical (unpaired) electrons. The van der Waals surface area contributed by atoms with E-state index in [1.165, 1.54) is 22.3 Å². The largest absolute Gasteiger partial charge is 0.508 e. The van der Waals surface area contributed by atoms with Crippen LogP contribution in [-0.4, -0.2) is 11.5 Å². The fraction of sp³-hybridized carbons (Fsp3) is 0.435. The van der Waals surface area contributed by atoms with Crippen molar-refractivity contribution < 1.29 is 9.90 Å². The van der Waals surface area contributed by atoms with Crippen LogP contribution in [0.15, 0.2) is 36.4 Å². The maximum Gasteiger partial charge on any atom is 0.207 e. The van der Waals surface area contributed by atoms with E-state index in [2.05, 4.69) is 57.3 Å². The average Bonchev–Trinajstić information content (AvgIpc) is 2.58. The number of amides is 1. The number of carbonyl (C=O) groups excluding carboxylic acids is 1. The van der Waals surface area contributed by atoms with Gasteiger partial charge in [-0.1, -0.05) is 52.0 Å². The summed E-state index contributed by atoms with van der Waals surface area (Å²) in [6, 6.07) is 12.2. The van der Waals surface area contributed by atoms with Gasteiger partial charge < -0.3 is 10.4 Å². The van der Waals surface area contributed by atoms with Crippen molar-refractivity contribution in [1.82, 2.24) is 5.32 Å². The SMILES string of the molecule is CC1(C)CCC(C)(C)c2c(Cc3ccc(CNC=O)cc3)cc(O)cc21. The number of hydrogen-bond donors (Lipinski definition) is 2. The average molecular weight is 351 g/mol. The van der Waals surface area contributed by atoms with Crippen LogP contribution in [0.25, 0.3) is 0 Å².